The third kappa shape index (κ3) is 4.40. The van der Waals surface area contributed by atoms with Gasteiger partial charge in [-0.05, 0) is 19.5 Å². The molecule has 1 aliphatic rings. The first-order valence-corrected chi connectivity index (χ1v) is 7.43. The molecule has 0 atom stereocenters. The van der Waals surface area contributed by atoms with Gasteiger partial charge in [-0.15, -0.1) is 0 Å². The molecule has 1 saturated heterocycles. The van der Waals surface area contributed by atoms with Crippen LogP contribution in [0.1, 0.15) is 18.9 Å². The fourth-order valence-electron chi connectivity index (χ4n) is 2.41. The number of aliphatic hydroxyl groups excluding tert-OH is 1. The van der Waals surface area contributed by atoms with Crippen molar-refractivity contribution in [2.45, 2.75) is 19.9 Å². The van der Waals surface area contributed by atoms with E-state index < -0.39 is 0 Å². The second-order valence-corrected chi connectivity index (χ2v) is 5.08. The van der Waals surface area contributed by atoms with Crippen molar-refractivity contribution in [3.05, 3.63) is 18.0 Å². The predicted molar refractivity (Wildman–Crippen MR) is 79.8 cm³/mol. The van der Waals surface area contributed by atoms with Crippen molar-refractivity contribution < 1.29 is 5.11 Å². The maximum Gasteiger partial charge on any atom is 0.225 e. The predicted octanol–water partition coefficient (Wildman–Crippen LogP) is 0.0905. The van der Waals surface area contributed by atoms with Gasteiger partial charge in [-0.25, -0.2) is 9.97 Å². The molecule has 2 N–H and O–H groups in total. The van der Waals surface area contributed by atoms with Crippen LogP contribution in [0.4, 0.5) is 5.95 Å². The molecule has 6 heteroatoms. The van der Waals surface area contributed by atoms with Crippen molar-refractivity contribution in [2.75, 3.05) is 50.8 Å². The zero-order chi connectivity index (χ0) is 14.2. The van der Waals surface area contributed by atoms with Crippen LogP contribution in [0.3, 0.4) is 0 Å². The van der Waals surface area contributed by atoms with Crippen LogP contribution in [0.25, 0.3) is 0 Å². The van der Waals surface area contributed by atoms with Gasteiger partial charge in [-0.2, -0.15) is 0 Å². The molecule has 2 rings (SSSR count). The van der Waals surface area contributed by atoms with Crippen LogP contribution in [0.15, 0.2) is 12.4 Å². The molecule has 0 bridgehead atoms. The zero-order valence-corrected chi connectivity index (χ0v) is 12.3. The Morgan fingerprint density at radius 3 is 2.70 bits per heavy atom. The number of aliphatic hydroxyl groups is 1. The first-order chi connectivity index (χ1) is 9.83. The topological polar surface area (TPSA) is 64.5 Å². The highest BCUT2D eigenvalue weighted by Gasteiger charge is 2.16. The summed E-state index contributed by atoms with van der Waals surface area (Å²) in [6, 6.07) is 0. The summed E-state index contributed by atoms with van der Waals surface area (Å²) in [4.78, 5) is 13.5. The lowest BCUT2D eigenvalue weighted by atomic mass is 10.3. The lowest BCUT2D eigenvalue weighted by Gasteiger charge is -2.21. The summed E-state index contributed by atoms with van der Waals surface area (Å²) in [5.74, 6) is 0.816. The molecule has 0 spiro atoms. The number of hydrogen-bond donors (Lipinski definition) is 2. The molecule has 6 nitrogen and oxygen atoms in total. The quantitative estimate of drug-likeness (QED) is 0.769. The number of anilines is 1. The molecule has 0 aliphatic carbocycles. The summed E-state index contributed by atoms with van der Waals surface area (Å²) in [6.07, 6.45) is 4.89. The summed E-state index contributed by atoms with van der Waals surface area (Å²) in [7, 11) is 0. The molecule has 1 aromatic heterocycles. The van der Waals surface area contributed by atoms with Gasteiger partial charge in [0.2, 0.25) is 5.95 Å². The van der Waals surface area contributed by atoms with Gasteiger partial charge in [0.1, 0.15) is 0 Å². The van der Waals surface area contributed by atoms with Crippen molar-refractivity contribution in [2.24, 2.45) is 0 Å². The second-order valence-electron chi connectivity index (χ2n) is 5.08. The third-order valence-electron chi connectivity index (χ3n) is 3.56. The summed E-state index contributed by atoms with van der Waals surface area (Å²) < 4.78 is 0. The Kier molecular flexibility index (Phi) is 6.17. The van der Waals surface area contributed by atoms with Gasteiger partial charge in [-0.1, -0.05) is 6.92 Å². The van der Waals surface area contributed by atoms with Crippen molar-refractivity contribution in [3.63, 3.8) is 0 Å². The highest BCUT2D eigenvalue weighted by Crippen LogP contribution is 2.11. The smallest absolute Gasteiger partial charge is 0.225 e. The van der Waals surface area contributed by atoms with Crippen LogP contribution in [0.2, 0.25) is 0 Å². The van der Waals surface area contributed by atoms with E-state index in [9.17, 15) is 0 Å². The Hall–Kier alpha value is -1.24. The van der Waals surface area contributed by atoms with E-state index in [2.05, 4.69) is 32.0 Å². The molecular weight excluding hydrogens is 254 g/mol. The van der Waals surface area contributed by atoms with E-state index in [0.717, 1.165) is 63.7 Å². The van der Waals surface area contributed by atoms with Gasteiger partial charge < -0.3 is 15.3 Å². The molecule has 0 unspecified atom stereocenters. The van der Waals surface area contributed by atoms with Crippen molar-refractivity contribution in [1.82, 2.24) is 20.2 Å². The third-order valence-corrected chi connectivity index (χ3v) is 3.56. The Labute approximate surface area is 120 Å². The van der Waals surface area contributed by atoms with E-state index >= 15 is 0 Å². The molecule has 0 radical (unpaired) electrons. The van der Waals surface area contributed by atoms with Crippen LogP contribution < -0.4 is 10.2 Å². The number of β-amino-alcohol motifs (C(OH)–C–C–N with tert-alkyl or cyclic N) is 1. The van der Waals surface area contributed by atoms with Crippen molar-refractivity contribution in [1.29, 1.82) is 0 Å². The van der Waals surface area contributed by atoms with Crippen LogP contribution in [0, 0.1) is 0 Å². The maximum atomic E-state index is 9.01. The molecule has 0 amide bonds. The van der Waals surface area contributed by atoms with Gasteiger partial charge in [0.15, 0.2) is 0 Å². The van der Waals surface area contributed by atoms with E-state index in [1.807, 2.05) is 12.4 Å². The highest BCUT2D eigenvalue weighted by atomic mass is 16.3. The fourth-order valence-corrected chi connectivity index (χ4v) is 2.41. The van der Waals surface area contributed by atoms with E-state index in [-0.39, 0.29) is 6.61 Å². The maximum absolute atomic E-state index is 9.01. The van der Waals surface area contributed by atoms with Crippen LogP contribution in [-0.4, -0.2) is 65.8 Å². The second kappa shape index (κ2) is 8.14. The average Bonchev–Trinajstić information content (AvgIpc) is 2.72. The van der Waals surface area contributed by atoms with Gasteiger partial charge in [0.05, 0.1) is 6.61 Å². The monoisotopic (exact) mass is 279 g/mol. The molecule has 20 heavy (non-hydrogen) atoms. The van der Waals surface area contributed by atoms with Gasteiger partial charge in [-0.3, -0.25) is 4.90 Å². The highest BCUT2D eigenvalue weighted by molar-refractivity contribution is 5.30. The van der Waals surface area contributed by atoms with E-state index in [1.165, 1.54) is 0 Å². The Morgan fingerprint density at radius 1 is 1.20 bits per heavy atom. The molecule has 1 aromatic rings. The van der Waals surface area contributed by atoms with Gasteiger partial charge >= 0.3 is 0 Å². The molecule has 0 aromatic carbocycles. The number of aromatic nitrogens is 2. The summed E-state index contributed by atoms with van der Waals surface area (Å²) in [5, 5.41) is 12.3. The first-order valence-electron chi connectivity index (χ1n) is 7.43. The van der Waals surface area contributed by atoms with Gasteiger partial charge in [0.25, 0.3) is 0 Å². The van der Waals surface area contributed by atoms with Crippen LogP contribution in [-0.2, 0) is 6.54 Å². The summed E-state index contributed by atoms with van der Waals surface area (Å²) in [5.41, 5.74) is 1.12. The first kappa shape index (κ1) is 15.2. The molecule has 1 fully saturated rings. The number of rotatable bonds is 6. The number of nitrogens with zero attached hydrogens (tertiary/aromatic N) is 4. The minimum atomic E-state index is 0.232. The molecular formula is C14H25N5O. The fraction of sp³-hybridized carbons (Fsp3) is 0.714. The Morgan fingerprint density at radius 2 is 2.00 bits per heavy atom. The van der Waals surface area contributed by atoms with E-state index in [0.29, 0.717) is 0 Å². The average molecular weight is 279 g/mol. The lowest BCUT2D eigenvalue weighted by molar-refractivity contribution is 0.204. The summed E-state index contributed by atoms with van der Waals surface area (Å²) >= 11 is 0. The van der Waals surface area contributed by atoms with Crippen LogP contribution in [0.5, 0.6) is 0 Å². The zero-order valence-electron chi connectivity index (χ0n) is 12.3. The molecule has 1 aliphatic heterocycles. The molecule has 2 heterocycles. The lowest BCUT2D eigenvalue weighted by Crippen LogP contribution is -2.33. The van der Waals surface area contributed by atoms with Crippen LogP contribution >= 0.6 is 0 Å². The number of hydrogen-bond acceptors (Lipinski definition) is 6. The molecule has 0 saturated carbocycles. The van der Waals surface area contributed by atoms with E-state index in [1.54, 1.807) is 0 Å². The molecule has 112 valence electrons. The normalized spacial score (nSPS) is 17.2. The Bertz CT molecular complexity index is 384. The minimum absolute atomic E-state index is 0.232. The minimum Gasteiger partial charge on any atom is -0.395 e. The van der Waals surface area contributed by atoms with Crippen molar-refractivity contribution >= 4 is 5.95 Å². The standard InChI is InChI=1S/C14H25N5O/c1-2-15-10-13-11-16-14(17-12-13)19-5-3-4-18(6-7-19)8-9-20/h11-12,15,20H,2-10H2,1H3. The SMILES string of the molecule is CCNCc1cnc(N2CCCN(CCO)CC2)nc1. The number of nitrogens with one attached hydrogen (secondary N) is 1. The van der Waals surface area contributed by atoms with E-state index in [4.69, 9.17) is 5.11 Å². The Balaban J connectivity index is 1.90. The van der Waals surface area contributed by atoms with Gasteiger partial charge in [0, 0.05) is 50.7 Å². The largest absolute Gasteiger partial charge is 0.395 e. The van der Waals surface area contributed by atoms with Crippen molar-refractivity contribution in [3.8, 4) is 0 Å². The summed E-state index contributed by atoms with van der Waals surface area (Å²) in [6.45, 7) is 8.76.